The zero-order chi connectivity index (χ0) is 19.6. The number of carbonyl (C=O) groups is 1. The van der Waals surface area contributed by atoms with Gasteiger partial charge in [-0.1, -0.05) is 23.2 Å². The van der Waals surface area contributed by atoms with Crippen molar-refractivity contribution in [2.45, 2.75) is 4.21 Å². The second-order valence-corrected chi connectivity index (χ2v) is 9.99. The van der Waals surface area contributed by atoms with Gasteiger partial charge in [-0.15, -0.1) is 11.3 Å². The Morgan fingerprint density at radius 3 is 2.44 bits per heavy atom. The summed E-state index contributed by atoms with van der Waals surface area (Å²) in [6.45, 7) is 0.593. The molecule has 6 nitrogen and oxygen atoms in total. The van der Waals surface area contributed by atoms with E-state index in [0.717, 1.165) is 17.4 Å². The molecule has 1 aliphatic rings. The number of sulfonamides is 1. The van der Waals surface area contributed by atoms with Crippen molar-refractivity contribution in [3.63, 3.8) is 0 Å². The molecule has 27 heavy (non-hydrogen) atoms. The van der Waals surface area contributed by atoms with Crippen LogP contribution < -0.4 is 4.74 Å². The van der Waals surface area contributed by atoms with E-state index in [1.165, 1.54) is 33.5 Å². The van der Waals surface area contributed by atoms with Crippen LogP contribution in [-0.2, 0) is 14.8 Å². The third kappa shape index (κ3) is 4.72. The maximum atomic E-state index is 13.0. The first-order valence-corrected chi connectivity index (χ1v) is 10.9. The van der Waals surface area contributed by atoms with Crippen molar-refractivity contribution in [3.8, 4) is 5.75 Å². The van der Waals surface area contributed by atoms with Crippen molar-refractivity contribution in [2.75, 3.05) is 32.8 Å². The van der Waals surface area contributed by atoms with Crippen LogP contribution in [0.3, 0.4) is 0 Å². The van der Waals surface area contributed by atoms with Gasteiger partial charge < -0.3 is 9.64 Å². The number of piperazine rings is 1. The number of carbonyl (C=O) groups excluding carboxylic acids is 1. The summed E-state index contributed by atoms with van der Waals surface area (Å²) in [7, 11) is -3.61. The first kappa shape index (κ1) is 20.3. The number of halogens is 3. The molecule has 0 saturated carbocycles. The zero-order valence-electron chi connectivity index (χ0n) is 13.9. The van der Waals surface area contributed by atoms with E-state index < -0.39 is 15.8 Å². The molecule has 146 valence electrons. The Hall–Kier alpha value is -1.39. The SMILES string of the molecule is O=C(COc1ccc(F)cc1Cl)N1CCN(S(=O)(=O)c2ccc(Cl)s2)CC1. The fourth-order valence-electron chi connectivity index (χ4n) is 2.56. The fraction of sp³-hybridized carbons (Fsp3) is 0.312. The van der Waals surface area contributed by atoms with E-state index in [-0.39, 0.29) is 53.7 Å². The number of thiophene rings is 1. The molecule has 1 aromatic carbocycles. The average molecular weight is 453 g/mol. The number of amides is 1. The van der Waals surface area contributed by atoms with Gasteiger partial charge in [-0.05, 0) is 30.3 Å². The van der Waals surface area contributed by atoms with Crippen LogP contribution in [0.15, 0.2) is 34.5 Å². The van der Waals surface area contributed by atoms with Crippen molar-refractivity contribution in [3.05, 3.63) is 45.5 Å². The van der Waals surface area contributed by atoms with E-state index >= 15 is 0 Å². The van der Waals surface area contributed by atoms with Gasteiger partial charge in [0.2, 0.25) is 0 Å². The predicted molar refractivity (Wildman–Crippen MR) is 102 cm³/mol. The molecule has 1 aliphatic heterocycles. The fourth-order valence-corrected chi connectivity index (χ4v) is 5.85. The quantitative estimate of drug-likeness (QED) is 0.698. The highest BCUT2D eigenvalue weighted by atomic mass is 35.5. The van der Waals surface area contributed by atoms with E-state index in [2.05, 4.69) is 0 Å². The first-order valence-electron chi connectivity index (χ1n) is 7.88. The summed E-state index contributed by atoms with van der Waals surface area (Å²) < 4.78 is 45.4. The summed E-state index contributed by atoms with van der Waals surface area (Å²) in [6.07, 6.45) is 0. The molecule has 2 heterocycles. The number of benzene rings is 1. The maximum absolute atomic E-state index is 13.0. The van der Waals surface area contributed by atoms with E-state index in [1.54, 1.807) is 0 Å². The number of rotatable bonds is 5. The van der Waals surface area contributed by atoms with E-state index in [9.17, 15) is 17.6 Å². The van der Waals surface area contributed by atoms with Crippen LogP contribution in [0.1, 0.15) is 0 Å². The van der Waals surface area contributed by atoms with Crippen LogP contribution >= 0.6 is 34.5 Å². The van der Waals surface area contributed by atoms with Gasteiger partial charge >= 0.3 is 0 Å². The van der Waals surface area contributed by atoms with E-state index in [0.29, 0.717) is 4.34 Å². The molecule has 2 aromatic rings. The van der Waals surface area contributed by atoms with Crippen LogP contribution in [0, 0.1) is 5.82 Å². The largest absolute Gasteiger partial charge is 0.482 e. The van der Waals surface area contributed by atoms with Crippen LogP contribution in [0.25, 0.3) is 0 Å². The van der Waals surface area contributed by atoms with Crippen molar-refractivity contribution >= 4 is 50.5 Å². The monoisotopic (exact) mass is 452 g/mol. The third-order valence-electron chi connectivity index (χ3n) is 3.98. The zero-order valence-corrected chi connectivity index (χ0v) is 17.0. The molecular weight excluding hydrogens is 438 g/mol. The number of nitrogens with zero attached hydrogens (tertiary/aromatic N) is 2. The van der Waals surface area contributed by atoms with Gasteiger partial charge in [0.1, 0.15) is 15.8 Å². The molecule has 0 unspecified atom stereocenters. The summed E-state index contributed by atoms with van der Waals surface area (Å²) in [5.74, 6) is -0.586. The number of hydrogen-bond acceptors (Lipinski definition) is 5. The predicted octanol–water partition coefficient (Wildman–Crippen LogP) is 3.11. The lowest BCUT2D eigenvalue weighted by atomic mass is 10.3. The molecule has 0 N–H and O–H groups in total. The lowest BCUT2D eigenvalue weighted by Crippen LogP contribution is -2.51. The van der Waals surface area contributed by atoms with Gasteiger partial charge in [0, 0.05) is 26.2 Å². The molecular formula is C16H15Cl2FN2O4S2. The molecule has 0 radical (unpaired) electrons. The molecule has 0 bridgehead atoms. The first-order chi connectivity index (χ1) is 12.8. The summed E-state index contributed by atoms with van der Waals surface area (Å²) in [5, 5.41) is 0.0771. The van der Waals surface area contributed by atoms with Gasteiger partial charge in [-0.25, -0.2) is 12.8 Å². The van der Waals surface area contributed by atoms with Crippen molar-refractivity contribution in [2.24, 2.45) is 0 Å². The summed E-state index contributed by atoms with van der Waals surface area (Å²) >= 11 is 12.7. The Morgan fingerprint density at radius 2 is 1.85 bits per heavy atom. The minimum atomic E-state index is -3.61. The lowest BCUT2D eigenvalue weighted by Gasteiger charge is -2.33. The summed E-state index contributed by atoms with van der Waals surface area (Å²) in [4.78, 5) is 13.8. The Kier molecular flexibility index (Phi) is 6.27. The van der Waals surface area contributed by atoms with Gasteiger partial charge in [0.15, 0.2) is 6.61 Å². The smallest absolute Gasteiger partial charge is 0.260 e. The Balaban J connectivity index is 1.55. The van der Waals surface area contributed by atoms with Crippen LogP contribution in [0.2, 0.25) is 9.36 Å². The standard InChI is InChI=1S/C16H15Cl2FN2O4S2/c17-12-9-11(19)1-2-13(12)25-10-15(22)20-5-7-21(8-6-20)27(23,24)16-4-3-14(18)26-16/h1-4,9H,5-8,10H2. The second-order valence-electron chi connectivity index (χ2n) is 5.71. The Labute approximate surface area is 170 Å². The summed E-state index contributed by atoms with van der Waals surface area (Å²) in [5.41, 5.74) is 0. The topological polar surface area (TPSA) is 66.9 Å². The Morgan fingerprint density at radius 1 is 1.15 bits per heavy atom. The molecule has 0 atom stereocenters. The number of hydrogen-bond donors (Lipinski definition) is 0. The highest BCUT2D eigenvalue weighted by Gasteiger charge is 2.31. The minimum Gasteiger partial charge on any atom is -0.482 e. The van der Waals surface area contributed by atoms with E-state index in [1.807, 2.05) is 0 Å². The van der Waals surface area contributed by atoms with E-state index in [4.69, 9.17) is 27.9 Å². The van der Waals surface area contributed by atoms with Crippen molar-refractivity contribution in [1.29, 1.82) is 0 Å². The van der Waals surface area contributed by atoms with Gasteiger partial charge in [0.05, 0.1) is 9.36 Å². The van der Waals surface area contributed by atoms with Gasteiger partial charge in [-0.2, -0.15) is 4.31 Å². The van der Waals surface area contributed by atoms with Gasteiger partial charge in [-0.3, -0.25) is 4.79 Å². The minimum absolute atomic E-state index is 0.0771. The van der Waals surface area contributed by atoms with Crippen LogP contribution in [0.5, 0.6) is 5.75 Å². The van der Waals surface area contributed by atoms with Crippen molar-refractivity contribution in [1.82, 2.24) is 9.21 Å². The highest BCUT2D eigenvalue weighted by Crippen LogP contribution is 2.29. The second kappa shape index (κ2) is 8.32. The third-order valence-corrected chi connectivity index (χ3v) is 7.87. The molecule has 0 aliphatic carbocycles. The molecule has 1 fully saturated rings. The molecule has 3 rings (SSSR count). The molecule has 0 spiro atoms. The lowest BCUT2D eigenvalue weighted by molar-refractivity contribution is -0.134. The molecule has 11 heteroatoms. The molecule has 1 amide bonds. The highest BCUT2D eigenvalue weighted by molar-refractivity contribution is 7.91. The normalized spacial score (nSPS) is 15.7. The average Bonchev–Trinajstić information content (AvgIpc) is 3.08. The van der Waals surface area contributed by atoms with Crippen LogP contribution in [0.4, 0.5) is 4.39 Å². The number of ether oxygens (including phenoxy) is 1. The molecule has 1 aromatic heterocycles. The van der Waals surface area contributed by atoms with Gasteiger partial charge in [0.25, 0.3) is 15.9 Å². The molecule has 1 saturated heterocycles. The maximum Gasteiger partial charge on any atom is 0.260 e. The Bertz CT molecular complexity index is 944. The van der Waals surface area contributed by atoms with Crippen LogP contribution in [-0.4, -0.2) is 56.3 Å². The summed E-state index contributed by atoms with van der Waals surface area (Å²) in [6, 6.07) is 6.65. The van der Waals surface area contributed by atoms with Crippen molar-refractivity contribution < 1.29 is 22.3 Å².